The molecule has 0 radical (unpaired) electrons. The number of hydrogen-bond donors (Lipinski definition) is 2. The molecule has 0 aliphatic heterocycles. The van der Waals surface area contributed by atoms with Gasteiger partial charge in [-0.25, -0.2) is 0 Å². The molecule has 0 saturated heterocycles. The van der Waals surface area contributed by atoms with Crippen molar-refractivity contribution in [2.24, 2.45) is 17.8 Å². The van der Waals surface area contributed by atoms with Crippen LogP contribution in [0.2, 0.25) is 0 Å². The van der Waals surface area contributed by atoms with Crippen molar-refractivity contribution in [1.82, 2.24) is 0 Å². The quantitative estimate of drug-likeness (QED) is 0.249. The van der Waals surface area contributed by atoms with Gasteiger partial charge in [0.1, 0.15) is 0 Å². The molecule has 2 atom stereocenters. The van der Waals surface area contributed by atoms with E-state index >= 15 is 0 Å². The molecule has 0 aromatic carbocycles. The number of rotatable bonds is 15. The summed E-state index contributed by atoms with van der Waals surface area (Å²) in [5.74, 6) is -2.99. The molecule has 0 saturated carbocycles. The van der Waals surface area contributed by atoms with E-state index in [9.17, 15) is 19.8 Å². The van der Waals surface area contributed by atoms with Gasteiger partial charge in [-0.2, -0.15) is 0 Å². The summed E-state index contributed by atoms with van der Waals surface area (Å²) in [6, 6.07) is 0. The van der Waals surface area contributed by atoms with Crippen molar-refractivity contribution in [3.05, 3.63) is 0 Å². The minimum absolute atomic E-state index is 0. The van der Waals surface area contributed by atoms with Crippen LogP contribution in [0.5, 0.6) is 0 Å². The molecule has 0 spiro atoms. The van der Waals surface area contributed by atoms with Crippen molar-refractivity contribution in [3.63, 3.8) is 0 Å². The predicted octanol–water partition coefficient (Wildman–Crippen LogP) is 4.71. The zero-order valence-electron chi connectivity index (χ0n) is 15.2. The number of unbranched alkanes of at least 4 members (excludes halogenated alkanes) is 5. The first-order chi connectivity index (χ1) is 11.0. The van der Waals surface area contributed by atoms with Crippen LogP contribution >= 0.6 is 0 Å². The second-order valence-corrected chi connectivity index (χ2v) is 6.74. The fraction of sp³-hybridized carbons (Fsp3) is 0.895. The fourth-order valence-corrected chi connectivity index (χ4v) is 3.42. The predicted molar refractivity (Wildman–Crippen MR) is 101 cm³/mol. The maximum atomic E-state index is 11.2. The summed E-state index contributed by atoms with van der Waals surface area (Å²) < 4.78 is 0. The Morgan fingerprint density at radius 1 is 0.750 bits per heavy atom. The molecule has 24 heavy (non-hydrogen) atoms. The number of carboxylic acids is 2. The van der Waals surface area contributed by atoms with Gasteiger partial charge in [-0.1, -0.05) is 85.0 Å². The molecule has 0 aromatic heterocycles. The first-order valence-corrected chi connectivity index (χ1v) is 9.43. The van der Waals surface area contributed by atoms with Crippen molar-refractivity contribution >= 4 is 63.3 Å². The molecule has 4 nitrogen and oxygen atoms in total. The van der Waals surface area contributed by atoms with Crippen LogP contribution in [0.1, 0.15) is 91.4 Å². The van der Waals surface area contributed by atoms with Gasteiger partial charge in [-0.15, -0.1) is 0 Å². The van der Waals surface area contributed by atoms with E-state index in [2.05, 4.69) is 20.8 Å². The number of hydrogen-bond acceptors (Lipinski definition) is 2. The first kappa shape index (κ1) is 26.8. The molecule has 0 aromatic rings. The van der Waals surface area contributed by atoms with Gasteiger partial charge in [0.05, 0.1) is 0 Å². The van der Waals surface area contributed by atoms with Crippen molar-refractivity contribution in [3.8, 4) is 0 Å². The SMILES string of the molecule is CCCCCCC(CC(C(=O)O)C(=O)O)C(CC)CCCCC.[KH]. The van der Waals surface area contributed by atoms with E-state index in [1.165, 1.54) is 25.7 Å². The zero-order valence-corrected chi connectivity index (χ0v) is 15.2. The molecule has 0 bridgehead atoms. The Hall–Kier alpha value is 0.576. The summed E-state index contributed by atoms with van der Waals surface area (Å²) in [5, 5.41) is 18.4. The summed E-state index contributed by atoms with van der Waals surface area (Å²) in [6.07, 6.45) is 11.5. The van der Waals surface area contributed by atoms with E-state index < -0.39 is 17.9 Å². The van der Waals surface area contributed by atoms with Gasteiger partial charge in [0.25, 0.3) is 0 Å². The topological polar surface area (TPSA) is 74.6 Å². The Morgan fingerprint density at radius 3 is 1.67 bits per heavy atom. The van der Waals surface area contributed by atoms with Crippen LogP contribution in [0, 0.1) is 17.8 Å². The van der Waals surface area contributed by atoms with Crippen LogP contribution in [0.25, 0.3) is 0 Å². The van der Waals surface area contributed by atoms with E-state index in [0.29, 0.717) is 5.92 Å². The van der Waals surface area contributed by atoms with Gasteiger partial charge in [0.15, 0.2) is 5.92 Å². The van der Waals surface area contributed by atoms with Crippen LogP contribution in [0.4, 0.5) is 0 Å². The van der Waals surface area contributed by atoms with Crippen LogP contribution in [0.15, 0.2) is 0 Å². The van der Waals surface area contributed by atoms with E-state index in [4.69, 9.17) is 0 Å². The minimum atomic E-state index is -1.26. The monoisotopic (exact) mass is 368 g/mol. The van der Waals surface area contributed by atoms with Crippen molar-refractivity contribution < 1.29 is 19.8 Å². The standard InChI is InChI=1S/C19H36O4.K.H/c1-4-7-9-11-13-16(14-17(18(20)21)19(22)23)15(6-3)12-10-8-5-2;;/h15-17H,4-14H2,1-3H3,(H,20,21)(H,22,23);;. The Labute approximate surface area is 190 Å². The van der Waals surface area contributed by atoms with Crippen LogP contribution in [0.3, 0.4) is 0 Å². The fourth-order valence-electron chi connectivity index (χ4n) is 3.42. The average Bonchev–Trinajstić information content (AvgIpc) is 2.51. The van der Waals surface area contributed by atoms with Crippen molar-refractivity contribution in [2.75, 3.05) is 0 Å². The average molecular weight is 369 g/mol. The maximum absolute atomic E-state index is 11.2. The van der Waals surface area contributed by atoms with Gasteiger partial charge in [0.2, 0.25) is 0 Å². The second-order valence-electron chi connectivity index (χ2n) is 6.74. The zero-order chi connectivity index (χ0) is 17.7. The molecule has 0 rings (SSSR count). The Kier molecular flexibility index (Phi) is 19.0. The molecule has 5 heteroatoms. The van der Waals surface area contributed by atoms with E-state index in [1.807, 2.05) is 0 Å². The van der Waals surface area contributed by atoms with Crippen LogP contribution in [-0.2, 0) is 9.59 Å². The molecule has 0 aliphatic rings. The van der Waals surface area contributed by atoms with Crippen molar-refractivity contribution in [1.29, 1.82) is 0 Å². The Balaban J connectivity index is 0. The van der Waals surface area contributed by atoms with Crippen molar-refractivity contribution in [2.45, 2.75) is 91.4 Å². The first-order valence-electron chi connectivity index (χ1n) is 9.43. The number of carbonyl (C=O) groups is 2. The molecule has 0 aliphatic carbocycles. The van der Waals surface area contributed by atoms with Crippen LogP contribution < -0.4 is 0 Å². The summed E-state index contributed by atoms with van der Waals surface area (Å²) >= 11 is 0. The summed E-state index contributed by atoms with van der Waals surface area (Å²) in [5.41, 5.74) is 0. The van der Waals surface area contributed by atoms with Gasteiger partial charge in [0, 0.05) is 0 Å². The normalized spacial score (nSPS) is 13.3. The number of aliphatic carboxylic acids is 2. The molecule has 2 N–H and O–H groups in total. The molecular weight excluding hydrogens is 331 g/mol. The molecule has 0 heterocycles. The van der Waals surface area contributed by atoms with Gasteiger partial charge in [-0.05, 0) is 18.3 Å². The van der Waals surface area contributed by atoms with E-state index in [-0.39, 0.29) is 63.7 Å². The molecule has 138 valence electrons. The van der Waals surface area contributed by atoms with Crippen LogP contribution in [-0.4, -0.2) is 73.5 Å². The van der Waals surface area contributed by atoms with Gasteiger partial charge >= 0.3 is 63.3 Å². The van der Waals surface area contributed by atoms with E-state index in [0.717, 1.165) is 38.5 Å². The molecule has 2 unspecified atom stereocenters. The molecular formula is C19H37KO4. The third-order valence-electron chi connectivity index (χ3n) is 4.93. The van der Waals surface area contributed by atoms with Gasteiger partial charge < -0.3 is 10.2 Å². The Bertz CT molecular complexity index is 319. The molecule has 0 fully saturated rings. The summed E-state index contributed by atoms with van der Waals surface area (Å²) in [7, 11) is 0. The summed E-state index contributed by atoms with van der Waals surface area (Å²) in [4.78, 5) is 22.5. The van der Waals surface area contributed by atoms with Gasteiger partial charge in [-0.3, -0.25) is 9.59 Å². The third-order valence-corrected chi connectivity index (χ3v) is 4.93. The van der Waals surface area contributed by atoms with E-state index in [1.54, 1.807) is 0 Å². The number of carboxylic acid groups (broad SMARTS) is 2. The Morgan fingerprint density at radius 2 is 1.21 bits per heavy atom. The second kappa shape index (κ2) is 17.0. The molecule has 0 amide bonds. The third kappa shape index (κ3) is 12.0. The summed E-state index contributed by atoms with van der Waals surface area (Å²) in [6.45, 7) is 6.49.